The Bertz CT molecular complexity index is 564. The van der Waals surface area contributed by atoms with Crippen molar-refractivity contribution in [3.8, 4) is 0 Å². The zero-order chi connectivity index (χ0) is 15.5. The molecule has 0 saturated carbocycles. The predicted molar refractivity (Wildman–Crippen MR) is 67.3 cm³/mol. The van der Waals surface area contributed by atoms with Crippen molar-refractivity contribution < 1.29 is 27.9 Å². The van der Waals surface area contributed by atoms with Crippen molar-refractivity contribution in [2.45, 2.75) is 13.1 Å². The fourth-order valence-electron chi connectivity index (χ4n) is 1.31. The number of halogens is 4. The van der Waals surface area contributed by atoms with E-state index in [0.29, 0.717) is 0 Å². The van der Waals surface area contributed by atoms with Crippen LogP contribution in [0.5, 0.6) is 0 Å². The summed E-state index contributed by atoms with van der Waals surface area (Å²) in [4.78, 5) is 22.0. The van der Waals surface area contributed by atoms with Crippen molar-refractivity contribution in [2.24, 2.45) is 5.92 Å². The van der Waals surface area contributed by atoms with Gasteiger partial charge in [0, 0.05) is 0 Å². The first-order valence-corrected chi connectivity index (χ1v) is 5.82. The second-order valence-electron chi connectivity index (χ2n) is 4.03. The first kappa shape index (κ1) is 16.2. The summed E-state index contributed by atoms with van der Waals surface area (Å²) in [7, 11) is 0. The second-order valence-corrected chi connectivity index (χ2v) is 4.44. The molecule has 7 heteroatoms. The molecule has 1 N–H and O–H groups in total. The average molecular weight is 307 g/mol. The molecule has 0 fully saturated rings. The number of alkyl halides is 3. The fourth-order valence-corrected chi connectivity index (χ4v) is 1.53. The zero-order valence-corrected chi connectivity index (χ0v) is 11.0. The third-order valence-corrected chi connectivity index (χ3v) is 2.86. The Morgan fingerprint density at radius 2 is 1.95 bits per heavy atom. The highest BCUT2D eigenvalue weighted by atomic mass is 35.5. The summed E-state index contributed by atoms with van der Waals surface area (Å²) >= 11 is 5.45. The van der Waals surface area contributed by atoms with Gasteiger partial charge in [-0.15, -0.1) is 0 Å². The Balaban J connectivity index is 3.00. The third kappa shape index (κ3) is 4.09. The van der Waals surface area contributed by atoms with Crippen LogP contribution in [0.2, 0.25) is 5.02 Å². The molecule has 1 aromatic rings. The van der Waals surface area contributed by atoms with Crippen molar-refractivity contribution in [3.05, 3.63) is 40.4 Å². The Hall–Kier alpha value is -1.82. The molecular weight excluding hydrogens is 297 g/mol. The van der Waals surface area contributed by atoms with Crippen LogP contribution < -0.4 is 0 Å². The highest BCUT2D eigenvalue weighted by Gasteiger charge is 2.33. The molecule has 1 aromatic carbocycles. The molecule has 0 radical (unpaired) electrons. The lowest BCUT2D eigenvalue weighted by atomic mass is 10.0. The molecule has 0 bridgehead atoms. The molecule has 0 aromatic heterocycles. The number of rotatable bonds is 4. The first-order chi connectivity index (χ1) is 9.12. The van der Waals surface area contributed by atoms with Crippen LogP contribution in [0.15, 0.2) is 24.3 Å². The summed E-state index contributed by atoms with van der Waals surface area (Å²) in [5, 5.41) is 8.17. The Morgan fingerprint density at radius 1 is 1.35 bits per heavy atom. The summed E-state index contributed by atoms with van der Waals surface area (Å²) in [6.07, 6.45) is -2.55. The van der Waals surface area contributed by atoms with E-state index in [0.717, 1.165) is 24.3 Å². The number of carbonyl (C=O) groups excluding carboxylic acids is 1. The summed E-state index contributed by atoms with van der Waals surface area (Å²) in [6.45, 7) is 1.19. The maximum Gasteiger partial charge on any atom is 0.417 e. The van der Waals surface area contributed by atoms with Crippen molar-refractivity contribution in [1.29, 1.82) is 0 Å². The number of allylic oxidation sites excluding steroid dienone is 1. The van der Waals surface area contributed by atoms with Crippen molar-refractivity contribution >= 4 is 29.4 Å². The average Bonchev–Trinajstić information content (AvgIpc) is 2.34. The lowest BCUT2D eigenvalue weighted by Gasteiger charge is -2.09. The van der Waals surface area contributed by atoms with Gasteiger partial charge >= 0.3 is 12.1 Å². The molecule has 1 atom stereocenters. The van der Waals surface area contributed by atoms with Gasteiger partial charge in [0.1, 0.15) is 5.92 Å². The summed E-state index contributed by atoms with van der Waals surface area (Å²) in [5.74, 6) is -3.26. The van der Waals surface area contributed by atoms with Gasteiger partial charge in [-0.3, -0.25) is 9.59 Å². The maximum atomic E-state index is 12.6. The fraction of sp³-hybridized carbons (Fsp3) is 0.231. The van der Waals surface area contributed by atoms with E-state index in [4.69, 9.17) is 16.7 Å². The van der Waals surface area contributed by atoms with Crippen LogP contribution in [0, 0.1) is 5.92 Å². The smallest absolute Gasteiger partial charge is 0.417 e. The number of ketones is 1. The second kappa shape index (κ2) is 6.09. The number of carboxylic acid groups (broad SMARTS) is 1. The standard InChI is InChI=1S/C13H10ClF3O3/c1-7(12(19)20)11(18)5-3-8-2-4-10(14)9(6-8)13(15,16)17/h2-7H,1H3,(H,19,20). The molecule has 0 spiro atoms. The SMILES string of the molecule is CC(C(=O)O)C(=O)C=Cc1ccc(Cl)c(C(F)(F)F)c1. The summed E-state index contributed by atoms with van der Waals surface area (Å²) in [6, 6.07) is 3.15. The maximum absolute atomic E-state index is 12.6. The van der Waals surface area contributed by atoms with Crippen LogP contribution in [-0.2, 0) is 15.8 Å². The molecule has 1 unspecified atom stereocenters. The van der Waals surface area contributed by atoms with Crippen LogP contribution in [0.25, 0.3) is 6.08 Å². The quantitative estimate of drug-likeness (QED) is 0.682. The minimum atomic E-state index is -4.60. The number of hydrogen-bond acceptors (Lipinski definition) is 2. The van der Waals surface area contributed by atoms with Gasteiger partial charge < -0.3 is 5.11 Å². The van der Waals surface area contributed by atoms with Gasteiger partial charge in [0.05, 0.1) is 10.6 Å². The van der Waals surface area contributed by atoms with Crippen molar-refractivity contribution in [1.82, 2.24) is 0 Å². The molecule has 108 valence electrons. The van der Waals surface area contributed by atoms with E-state index in [-0.39, 0.29) is 5.56 Å². The molecule has 0 amide bonds. The van der Waals surface area contributed by atoms with Crippen LogP contribution in [0.4, 0.5) is 13.2 Å². The van der Waals surface area contributed by atoms with Crippen molar-refractivity contribution in [2.75, 3.05) is 0 Å². The molecule has 20 heavy (non-hydrogen) atoms. The van der Waals surface area contributed by atoms with Gasteiger partial charge in [-0.25, -0.2) is 0 Å². The van der Waals surface area contributed by atoms with E-state index in [9.17, 15) is 22.8 Å². The zero-order valence-electron chi connectivity index (χ0n) is 10.2. The molecular formula is C13H10ClF3O3. The highest BCUT2D eigenvalue weighted by Crippen LogP contribution is 2.35. The third-order valence-electron chi connectivity index (χ3n) is 2.53. The molecule has 0 saturated heterocycles. The van der Waals surface area contributed by atoms with Gasteiger partial charge in [-0.05, 0) is 30.7 Å². The topological polar surface area (TPSA) is 54.4 Å². The van der Waals surface area contributed by atoms with Gasteiger partial charge in [-0.1, -0.05) is 23.7 Å². The highest BCUT2D eigenvalue weighted by molar-refractivity contribution is 6.31. The minimum absolute atomic E-state index is 0.104. The lowest BCUT2D eigenvalue weighted by molar-refractivity contribution is -0.144. The molecule has 3 nitrogen and oxygen atoms in total. The Labute approximate surface area is 117 Å². The largest absolute Gasteiger partial charge is 0.481 e. The Kier molecular flexibility index (Phi) is 4.94. The minimum Gasteiger partial charge on any atom is -0.481 e. The number of carbonyl (C=O) groups is 2. The van der Waals surface area contributed by atoms with Crippen LogP contribution in [0.3, 0.4) is 0 Å². The molecule has 0 heterocycles. The van der Waals surface area contributed by atoms with E-state index in [1.165, 1.54) is 13.0 Å². The van der Waals surface area contributed by atoms with Gasteiger partial charge in [-0.2, -0.15) is 13.2 Å². The predicted octanol–water partition coefficient (Wildman–Crippen LogP) is 3.66. The van der Waals surface area contributed by atoms with Gasteiger partial charge in [0.2, 0.25) is 0 Å². The Morgan fingerprint density at radius 3 is 2.45 bits per heavy atom. The van der Waals surface area contributed by atoms with E-state index < -0.39 is 34.4 Å². The molecule has 0 aliphatic rings. The van der Waals surface area contributed by atoms with E-state index in [1.807, 2.05) is 0 Å². The van der Waals surface area contributed by atoms with Gasteiger partial charge in [0.25, 0.3) is 0 Å². The van der Waals surface area contributed by atoms with Crippen LogP contribution in [-0.4, -0.2) is 16.9 Å². The number of carboxylic acids is 1. The summed E-state index contributed by atoms with van der Waals surface area (Å²) in [5.41, 5.74) is -0.910. The van der Waals surface area contributed by atoms with E-state index in [1.54, 1.807) is 0 Å². The lowest BCUT2D eigenvalue weighted by Crippen LogP contribution is -2.18. The number of benzene rings is 1. The summed E-state index contributed by atoms with van der Waals surface area (Å²) < 4.78 is 37.8. The van der Waals surface area contributed by atoms with Gasteiger partial charge in [0.15, 0.2) is 5.78 Å². The number of aliphatic carboxylic acids is 1. The van der Waals surface area contributed by atoms with Crippen molar-refractivity contribution in [3.63, 3.8) is 0 Å². The normalized spacial score (nSPS) is 13.4. The van der Waals surface area contributed by atoms with E-state index >= 15 is 0 Å². The monoisotopic (exact) mass is 306 g/mol. The molecule has 0 aliphatic heterocycles. The van der Waals surface area contributed by atoms with Crippen LogP contribution in [0.1, 0.15) is 18.1 Å². The van der Waals surface area contributed by atoms with E-state index in [2.05, 4.69) is 0 Å². The molecule has 0 aliphatic carbocycles. The first-order valence-electron chi connectivity index (χ1n) is 5.44. The van der Waals surface area contributed by atoms with Crippen LogP contribution >= 0.6 is 11.6 Å². The molecule has 1 rings (SSSR count). The number of hydrogen-bond donors (Lipinski definition) is 1.